The van der Waals surface area contributed by atoms with Gasteiger partial charge in [0.1, 0.15) is 17.0 Å². The van der Waals surface area contributed by atoms with Crippen LogP contribution in [0.2, 0.25) is 0 Å². The number of hydrogen-bond acceptors (Lipinski definition) is 7. The van der Waals surface area contributed by atoms with Crippen LogP contribution < -0.4 is 15.5 Å². The number of nitrogens with one attached hydrogen (secondary N) is 2. The van der Waals surface area contributed by atoms with Gasteiger partial charge in [0.2, 0.25) is 5.91 Å². The minimum atomic E-state index is -10.0. The van der Waals surface area contributed by atoms with Crippen molar-refractivity contribution in [1.82, 2.24) is 20.5 Å². The van der Waals surface area contributed by atoms with Crippen LogP contribution in [0.4, 0.5) is 25.1 Å². The molecule has 1 aromatic heterocycles. The number of amides is 2. The minimum absolute atomic E-state index is 0.0615. The number of anilines is 1. The van der Waals surface area contributed by atoms with Crippen LogP contribution in [0.1, 0.15) is 50.6 Å². The van der Waals surface area contributed by atoms with Crippen LogP contribution in [-0.2, 0) is 14.3 Å². The molecule has 1 unspecified atom stereocenters. The van der Waals surface area contributed by atoms with Gasteiger partial charge in [-0.2, -0.15) is 5.26 Å². The molecule has 0 radical (unpaired) electrons. The number of halogens is 5. The van der Waals surface area contributed by atoms with E-state index >= 15 is 0 Å². The lowest BCUT2D eigenvalue weighted by molar-refractivity contribution is -0.128. The Morgan fingerprint density at radius 1 is 1.16 bits per heavy atom. The number of nitriles is 1. The lowest BCUT2D eigenvalue weighted by Crippen LogP contribution is -2.52. The summed E-state index contributed by atoms with van der Waals surface area (Å²) in [5.41, 5.74) is -0.0130. The van der Waals surface area contributed by atoms with Gasteiger partial charge in [0.05, 0.1) is 12.6 Å². The molecule has 4 rings (SSSR count). The molecular formula is C28H35F5N6O3S. The van der Waals surface area contributed by atoms with Gasteiger partial charge in [-0.15, -0.1) is 0 Å². The Labute approximate surface area is 247 Å². The van der Waals surface area contributed by atoms with Crippen molar-refractivity contribution in [3.8, 4) is 6.19 Å². The smallest absolute Gasteiger partial charge is 0.310 e. The lowest BCUT2D eigenvalue weighted by atomic mass is 10.0. The van der Waals surface area contributed by atoms with Gasteiger partial charge in [0.25, 0.3) is 5.91 Å². The second-order valence-corrected chi connectivity index (χ2v) is 13.4. The van der Waals surface area contributed by atoms with Gasteiger partial charge in [0.15, 0.2) is 6.19 Å². The second kappa shape index (κ2) is 11.9. The van der Waals surface area contributed by atoms with Gasteiger partial charge in [-0.1, -0.05) is 38.3 Å². The first-order chi connectivity index (χ1) is 20.1. The molecule has 15 heteroatoms. The van der Waals surface area contributed by atoms with Crippen LogP contribution in [0.15, 0.2) is 53.7 Å². The molecule has 2 heterocycles. The molecule has 2 amide bonds. The molecule has 0 bridgehead atoms. The fraction of sp³-hybridized carbons (Fsp3) is 0.500. The first-order valence-electron chi connectivity index (χ1n) is 13.9. The maximum absolute atomic E-state index is 14.2. The van der Waals surface area contributed by atoms with E-state index in [1.54, 1.807) is 6.92 Å². The van der Waals surface area contributed by atoms with Crippen molar-refractivity contribution < 1.29 is 33.8 Å². The Bertz CT molecular complexity index is 1340. The molecule has 1 saturated carbocycles. The Morgan fingerprint density at radius 3 is 2.40 bits per heavy atom. The molecule has 9 nitrogen and oxygen atoms in total. The number of pyridine rings is 1. The molecule has 2 N–H and O–H groups in total. The van der Waals surface area contributed by atoms with Gasteiger partial charge < -0.3 is 15.4 Å². The van der Waals surface area contributed by atoms with E-state index in [1.165, 1.54) is 36.5 Å². The molecule has 236 valence electrons. The summed E-state index contributed by atoms with van der Waals surface area (Å²) in [7, 11) is -8.61. The number of rotatable bonds is 11. The zero-order valence-corrected chi connectivity index (χ0v) is 24.6. The number of nitrogens with zero attached hydrogens (tertiary/aromatic N) is 4. The molecule has 4 atom stereocenters. The topological polar surface area (TPSA) is 111 Å². The fourth-order valence-electron chi connectivity index (χ4n) is 5.54. The van der Waals surface area contributed by atoms with Crippen LogP contribution in [0.3, 0.4) is 0 Å². The quantitative estimate of drug-likeness (QED) is 0.252. The molecule has 1 aliphatic heterocycles. The van der Waals surface area contributed by atoms with E-state index in [9.17, 15) is 34.3 Å². The third-order valence-corrected chi connectivity index (χ3v) is 8.93. The molecule has 2 aromatic rings. The predicted octanol–water partition coefficient (Wildman–Crippen LogP) is 5.42. The number of ether oxygens (including phenoxy) is 1. The highest BCUT2D eigenvalue weighted by Crippen LogP contribution is 3.02. The summed E-state index contributed by atoms with van der Waals surface area (Å²) in [6.45, 7) is 2.28. The lowest BCUT2D eigenvalue weighted by Gasteiger charge is -2.41. The Kier molecular flexibility index (Phi) is 8.97. The van der Waals surface area contributed by atoms with Crippen molar-refractivity contribution in [2.24, 2.45) is 0 Å². The number of benzene rings is 1. The van der Waals surface area contributed by atoms with Crippen LogP contribution >= 0.6 is 10.2 Å². The largest absolute Gasteiger partial charge is 0.379 e. The zero-order chi connectivity index (χ0) is 31.5. The van der Waals surface area contributed by atoms with Crippen molar-refractivity contribution in [2.75, 3.05) is 25.1 Å². The maximum atomic E-state index is 14.2. The van der Waals surface area contributed by atoms with Crippen LogP contribution in [0.5, 0.6) is 0 Å². The summed E-state index contributed by atoms with van der Waals surface area (Å²) in [4.78, 5) is 32.2. The number of likely N-dealkylation sites (tertiary alicyclic amines) is 1. The molecular weight excluding hydrogens is 595 g/mol. The van der Waals surface area contributed by atoms with Crippen LogP contribution in [-0.4, -0.2) is 66.1 Å². The summed E-state index contributed by atoms with van der Waals surface area (Å²) in [5.74, 6) is -1.45. The van der Waals surface area contributed by atoms with Crippen molar-refractivity contribution in [3.05, 3.63) is 54.4 Å². The van der Waals surface area contributed by atoms with E-state index < -0.39 is 51.2 Å². The standard InChI is InChI=1S/C28H35F5N6O3S/c1-19(15-36-21-7-3-4-8-21)37-27(40)26(20-6-5-13-35-16-20)39(28(41)25-14-23(42-2)17-38(25)18-34)22-9-11-24(12-10-22)43(29,30,31,32)33/h5-6,9-13,16,19,21,23,25-26,36H,3-4,7-8,14-15,17H2,1-2H3,(H,37,40)/t19-,23+,25+,26?/m0/s1. The Balaban J connectivity index is 1.74. The first-order valence-corrected chi connectivity index (χ1v) is 15.9. The normalized spacial score (nSPS) is 22.2. The van der Waals surface area contributed by atoms with Crippen molar-refractivity contribution >= 4 is 27.7 Å². The van der Waals surface area contributed by atoms with Gasteiger partial charge in [0, 0.05) is 55.8 Å². The predicted molar refractivity (Wildman–Crippen MR) is 152 cm³/mol. The number of aromatic nitrogens is 1. The third kappa shape index (κ3) is 7.92. The average molecular weight is 631 g/mol. The zero-order valence-electron chi connectivity index (χ0n) is 23.8. The highest BCUT2D eigenvalue weighted by molar-refractivity contribution is 8.45. The maximum Gasteiger partial charge on any atom is 0.310 e. The van der Waals surface area contributed by atoms with Gasteiger partial charge in [-0.05, 0) is 50.1 Å². The first kappa shape index (κ1) is 32.4. The molecule has 1 saturated heterocycles. The molecule has 2 fully saturated rings. The highest BCUT2D eigenvalue weighted by atomic mass is 32.5. The number of carbonyl (C=O) groups excluding carboxylic acids is 2. The third-order valence-electron chi connectivity index (χ3n) is 7.77. The summed E-state index contributed by atoms with van der Waals surface area (Å²) in [6.07, 6.45) is 8.55. The number of methoxy groups -OCH3 is 1. The molecule has 1 aromatic carbocycles. The van der Waals surface area contributed by atoms with Crippen molar-refractivity contribution in [3.63, 3.8) is 0 Å². The van der Waals surface area contributed by atoms with E-state index in [2.05, 4.69) is 15.6 Å². The van der Waals surface area contributed by atoms with Gasteiger partial charge in [-0.25, -0.2) is 0 Å². The second-order valence-electron chi connectivity index (χ2n) is 11.0. The molecule has 43 heavy (non-hydrogen) atoms. The highest BCUT2D eigenvalue weighted by Gasteiger charge is 2.65. The molecule has 0 spiro atoms. The molecule has 1 aliphatic carbocycles. The number of carbonyl (C=O) groups is 2. The number of hydrogen-bond donors (Lipinski definition) is 2. The minimum Gasteiger partial charge on any atom is -0.379 e. The monoisotopic (exact) mass is 630 g/mol. The van der Waals surface area contributed by atoms with E-state index in [0.29, 0.717) is 12.6 Å². The summed E-state index contributed by atoms with van der Waals surface area (Å²) in [5, 5.41) is 16.0. The molecule has 2 aliphatic rings. The van der Waals surface area contributed by atoms with Crippen molar-refractivity contribution in [2.45, 2.75) is 74.2 Å². The summed E-state index contributed by atoms with van der Waals surface area (Å²) < 4.78 is 73.0. The Morgan fingerprint density at radius 2 is 1.84 bits per heavy atom. The summed E-state index contributed by atoms with van der Waals surface area (Å²) in [6, 6.07) is 2.23. The van der Waals surface area contributed by atoms with Gasteiger partial charge in [-0.3, -0.25) is 24.4 Å². The van der Waals surface area contributed by atoms with E-state index in [0.717, 1.165) is 42.7 Å². The van der Waals surface area contributed by atoms with Crippen LogP contribution in [0, 0.1) is 11.5 Å². The SMILES string of the molecule is CO[C@@H]1C[C@H](C(=O)N(c2ccc(S(F)(F)(F)(F)F)cc2)C(C(=O)N[C@@H](C)CNC2CCCC2)c2cccnc2)N(C#N)C1. The average Bonchev–Trinajstić information content (AvgIpc) is 3.63. The fourth-order valence-corrected chi connectivity index (χ4v) is 6.19. The van der Waals surface area contributed by atoms with Gasteiger partial charge >= 0.3 is 10.2 Å². The van der Waals surface area contributed by atoms with E-state index in [4.69, 9.17) is 4.74 Å². The van der Waals surface area contributed by atoms with E-state index in [-0.39, 0.29) is 36.3 Å². The van der Waals surface area contributed by atoms with Crippen LogP contribution in [0.25, 0.3) is 0 Å². The summed E-state index contributed by atoms with van der Waals surface area (Å²) >= 11 is 0. The van der Waals surface area contributed by atoms with E-state index in [1.807, 2.05) is 6.19 Å². The van der Waals surface area contributed by atoms with Crippen molar-refractivity contribution in [1.29, 1.82) is 5.26 Å². The Hall–Kier alpha value is -3.48.